The molecule has 0 atom stereocenters. The Balaban J connectivity index is 1.66. The highest BCUT2D eigenvalue weighted by Gasteiger charge is 2.25. The van der Waals surface area contributed by atoms with Gasteiger partial charge in [-0.1, -0.05) is 29.3 Å². The van der Waals surface area contributed by atoms with Gasteiger partial charge in [0.15, 0.2) is 5.17 Å². The minimum atomic E-state index is -0.462. The van der Waals surface area contributed by atoms with E-state index in [1.165, 1.54) is 17.8 Å². The van der Waals surface area contributed by atoms with E-state index in [0.29, 0.717) is 20.8 Å². The van der Waals surface area contributed by atoms with Crippen LogP contribution in [0.3, 0.4) is 0 Å². The molecule has 4 rings (SSSR count). The van der Waals surface area contributed by atoms with E-state index >= 15 is 0 Å². The Morgan fingerprint density at radius 1 is 1.10 bits per heavy atom. The minimum absolute atomic E-state index is 0.0628. The summed E-state index contributed by atoms with van der Waals surface area (Å²) in [7, 11) is 0. The molecule has 1 aliphatic heterocycles. The van der Waals surface area contributed by atoms with Gasteiger partial charge in [-0.15, -0.1) is 0 Å². The maximum Gasteiger partial charge on any atom is 0.264 e. The Kier molecular flexibility index (Phi) is 5.97. The van der Waals surface area contributed by atoms with Gasteiger partial charge in [-0.25, -0.2) is 9.38 Å². The number of aliphatic imine (C=N–C) groups is 1. The van der Waals surface area contributed by atoms with Crippen molar-refractivity contribution in [3.63, 3.8) is 0 Å². The number of thioether (sulfide) groups is 1. The summed E-state index contributed by atoms with van der Waals surface area (Å²) in [5, 5.41) is 3.99. The lowest BCUT2D eigenvalue weighted by atomic mass is 10.2. The molecule has 1 saturated heterocycles. The number of aromatic nitrogens is 1. The number of aryl methyl sites for hydroxylation is 1. The molecule has 4 nitrogen and oxygen atoms in total. The molecule has 2 aromatic carbocycles. The average Bonchev–Trinajstić information content (AvgIpc) is 3.20. The molecule has 158 valence electrons. The highest BCUT2D eigenvalue weighted by atomic mass is 35.5. The van der Waals surface area contributed by atoms with Crippen LogP contribution in [0.5, 0.6) is 0 Å². The van der Waals surface area contributed by atoms with Crippen LogP contribution in [-0.2, 0) is 4.79 Å². The first kappa shape index (κ1) is 21.7. The van der Waals surface area contributed by atoms with Crippen molar-refractivity contribution in [3.8, 4) is 5.69 Å². The van der Waals surface area contributed by atoms with E-state index in [1.54, 1.807) is 18.2 Å². The number of hydrogen-bond donors (Lipinski definition) is 1. The summed E-state index contributed by atoms with van der Waals surface area (Å²) in [5.41, 5.74) is 5.06. The van der Waals surface area contributed by atoms with Crippen molar-refractivity contribution >= 4 is 57.8 Å². The molecular weight excluding hydrogens is 456 g/mol. The number of amides is 1. The maximum atomic E-state index is 13.6. The third kappa shape index (κ3) is 4.28. The van der Waals surface area contributed by atoms with E-state index in [1.807, 2.05) is 49.6 Å². The number of carbonyl (C=O) groups is 1. The first-order chi connectivity index (χ1) is 14.7. The fourth-order valence-corrected chi connectivity index (χ4v) is 4.57. The Morgan fingerprint density at radius 3 is 2.61 bits per heavy atom. The smallest absolute Gasteiger partial charge is 0.264 e. The van der Waals surface area contributed by atoms with Gasteiger partial charge in [0, 0.05) is 22.1 Å². The van der Waals surface area contributed by atoms with Crippen LogP contribution < -0.4 is 5.32 Å². The number of nitrogens with one attached hydrogen (secondary N) is 1. The van der Waals surface area contributed by atoms with Gasteiger partial charge >= 0.3 is 0 Å². The number of nitrogens with zero attached hydrogens (tertiary/aromatic N) is 2. The van der Waals surface area contributed by atoms with Crippen molar-refractivity contribution in [2.75, 3.05) is 0 Å². The number of hydrogen-bond acceptors (Lipinski definition) is 3. The zero-order valence-electron chi connectivity index (χ0n) is 17.0. The van der Waals surface area contributed by atoms with Gasteiger partial charge in [0.25, 0.3) is 5.91 Å². The zero-order valence-corrected chi connectivity index (χ0v) is 19.3. The van der Waals surface area contributed by atoms with Crippen LogP contribution in [0.25, 0.3) is 11.8 Å². The average molecular weight is 474 g/mol. The molecule has 0 radical (unpaired) electrons. The quantitative estimate of drug-likeness (QED) is 0.428. The molecule has 31 heavy (non-hydrogen) atoms. The molecule has 3 aromatic rings. The first-order valence-corrected chi connectivity index (χ1v) is 11.0. The summed E-state index contributed by atoms with van der Waals surface area (Å²) < 4.78 is 15.5. The number of benzene rings is 2. The molecule has 0 bridgehead atoms. The largest absolute Gasteiger partial charge is 0.318 e. The lowest BCUT2D eigenvalue weighted by Crippen LogP contribution is -2.19. The van der Waals surface area contributed by atoms with Crippen LogP contribution >= 0.6 is 35.0 Å². The highest BCUT2D eigenvalue weighted by molar-refractivity contribution is 8.18. The van der Waals surface area contributed by atoms with Crippen molar-refractivity contribution in [1.29, 1.82) is 0 Å². The van der Waals surface area contributed by atoms with Crippen molar-refractivity contribution in [1.82, 2.24) is 9.88 Å². The first-order valence-electron chi connectivity index (χ1n) is 9.43. The van der Waals surface area contributed by atoms with Gasteiger partial charge in [0.2, 0.25) is 0 Å². The molecule has 2 heterocycles. The second-order valence-corrected chi connectivity index (χ2v) is 8.97. The lowest BCUT2D eigenvalue weighted by Gasteiger charge is -2.10. The fourth-order valence-electron chi connectivity index (χ4n) is 3.40. The number of halogens is 3. The lowest BCUT2D eigenvalue weighted by molar-refractivity contribution is -0.115. The van der Waals surface area contributed by atoms with Gasteiger partial charge in [0.1, 0.15) is 5.82 Å². The molecule has 8 heteroatoms. The topological polar surface area (TPSA) is 46.4 Å². The van der Waals surface area contributed by atoms with E-state index < -0.39 is 5.82 Å². The van der Waals surface area contributed by atoms with E-state index in [0.717, 1.165) is 28.2 Å². The van der Waals surface area contributed by atoms with Crippen LogP contribution in [0.4, 0.5) is 10.1 Å². The van der Waals surface area contributed by atoms with Crippen molar-refractivity contribution in [2.24, 2.45) is 4.99 Å². The Hall–Kier alpha value is -2.54. The summed E-state index contributed by atoms with van der Waals surface area (Å²) in [5.74, 6) is -0.672. The highest BCUT2D eigenvalue weighted by Crippen LogP contribution is 2.32. The molecule has 0 aliphatic carbocycles. The minimum Gasteiger partial charge on any atom is -0.318 e. The number of rotatable bonds is 3. The van der Waals surface area contributed by atoms with Crippen molar-refractivity contribution in [3.05, 3.63) is 85.7 Å². The Bertz CT molecular complexity index is 1280. The molecule has 1 aromatic heterocycles. The summed E-state index contributed by atoms with van der Waals surface area (Å²) >= 11 is 13.4. The second-order valence-electron chi connectivity index (χ2n) is 7.13. The molecular formula is C23H18Cl2FN3OS. The Morgan fingerprint density at radius 2 is 1.87 bits per heavy atom. The second kappa shape index (κ2) is 8.54. The standard InChI is InChI=1S/C23H18Cl2FN3OS/c1-12-9-15(14(3)29(12)16-7-8-19(26)18(25)11-16)10-21-22(30)28-23(31-21)27-20-6-4-5-17(24)13(20)2/h4-11H,1-3H3,(H,27,28,30)/b21-10-. The normalized spacial score (nSPS) is 16.4. The number of carbonyl (C=O) groups excluding carboxylic acids is 1. The SMILES string of the molecule is Cc1c(Cl)cccc1N=C1NC(=O)/C(=C/c2cc(C)n(-c3ccc(F)c(Cl)c3)c2C)S1. The van der Waals surface area contributed by atoms with E-state index in [9.17, 15) is 9.18 Å². The van der Waals surface area contributed by atoms with Crippen LogP contribution in [0.1, 0.15) is 22.5 Å². The summed E-state index contributed by atoms with van der Waals surface area (Å²) in [6.07, 6.45) is 1.83. The summed E-state index contributed by atoms with van der Waals surface area (Å²) in [4.78, 5) is 17.6. The molecule has 1 fully saturated rings. The monoisotopic (exact) mass is 473 g/mol. The molecule has 1 aliphatic rings. The van der Waals surface area contributed by atoms with E-state index in [4.69, 9.17) is 23.2 Å². The van der Waals surface area contributed by atoms with Crippen LogP contribution in [0.2, 0.25) is 10.0 Å². The molecule has 0 unspecified atom stereocenters. The molecule has 1 N–H and O–H groups in total. The third-order valence-electron chi connectivity index (χ3n) is 5.03. The fraction of sp³-hybridized carbons (Fsp3) is 0.130. The van der Waals surface area contributed by atoms with Crippen molar-refractivity contribution in [2.45, 2.75) is 20.8 Å². The Labute approximate surface area is 193 Å². The van der Waals surface area contributed by atoms with Gasteiger partial charge < -0.3 is 9.88 Å². The maximum absolute atomic E-state index is 13.6. The molecule has 0 spiro atoms. The van der Waals surface area contributed by atoms with Crippen LogP contribution in [-0.4, -0.2) is 15.6 Å². The summed E-state index contributed by atoms with van der Waals surface area (Å²) in [6.45, 7) is 5.78. The molecule has 0 saturated carbocycles. The van der Waals surface area contributed by atoms with Gasteiger partial charge in [-0.2, -0.15) is 0 Å². The zero-order chi connectivity index (χ0) is 22.3. The predicted molar refractivity (Wildman–Crippen MR) is 127 cm³/mol. The number of amidine groups is 1. The van der Waals surface area contributed by atoms with E-state index in [2.05, 4.69) is 10.3 Å². The molecule has 1 amide bonds. The summed E-state index contributed by atoms with van der Waals surface area (Å²) in [6, 6.07) is 12.1. The van der Waals surface area contributed by atoms with Gasteiger partial charge in [-0.3, -0.25) is 4.79 Å². The van der Waals surface area contributed by atoms with Gasteiger partial charge in [-0.05, 0) is 86.1 Å². The van der Waals surface area contributed by atoms with E-state index in [-0.39, 0.29) is 10.9 Å². The van der Waals surface area contributed by atoms with Crippen molar-refractivity contribution < 1.29 is 9.18 Å². The van der Waals surface area contributed by atoms with Crippen LogP contribution in [0.15, 0.2) is 52.4 Å². The van der Waals surface area contributed by atoms with Crippen LogP contribution in [0, 0.1) is 26.6 Å². The van der Waals surface area contributed by atoms with Gasteiger partial charge in [0.05, 0.1) is 15.6 Å². The predicted octanol–water partition coefficient (Wildman–Crippen LogP) is 6.74. The third-order valence-corrected chi connectivity index (χ3v) is 6.64.